The molecule has 0 atom stereocenters. The molecule has 0 fully saturated rings. The summed E-state index contributed by atoms with van der Waals surface area (Å²) in [6.45, 7) is 2.47. The highest BCUT2D eigenvalue weighted by Crippen LogP contribution is 2.27. The average molecular weight is 198 g/mol. The van der Waals surface area contributed by atoms with Crippen molar-refractivity contribution in [1.82, 2.24) is 0 Å². The molecule has 0 saturated heterocycles. The molecule has 0 aliphatic carbocycles. The van der Waals surface area contributed by atoms with Crippen molar-refractivity contribution >= 4 is 11.4 Å². The number of benzene rings is 1. The van der Waals surface area contributed by atoms with E-state index in [4.69, 9.17) is 10.5 Å². The number of nitrogens with two attached hydrogens (primary N) is 1. The second kappa shape index (κ2) is 4.69. The fraction of sp³-hybridized carbons (Fsp3) is 0.400. The van der Waals surface area contributed by atoms with E-state index in [1.54, 1.807) is 13.1 Å². The Balaban J connectivity index is 2.92. The van der Waals surface area contributed by atoms with Crippen LogP contribution in [-0.4, -0.2) is 13.7 Å². The van der Waals surface area contributed by atoms with Crippen molar-refractivity contribution < 1.29 is 9.13 Å². The summed E-state index contributed by atoms with van der Waals surface area (Å²) >= 11 is 0. The largest absolute Gasteiger partial charge is 0.490 e. The lowest BCUT2D eigenvalue weighted by Gasteiger charge is -2.10. The van der Waals surface area contributed by atoms with Crippen LogP contribution in [0.3, 0.4) is 0 Å². The molecule has 0 aliphatic heterocycles. The van der Waals surface area contributed by atoms with E-state index in [-0.39, 0.29) is 5.75 Å². The molecule has 0 unspecified atom stereocenters. The van der Waals surface area contributed by atoms with E-state index in [1.165, 1.54) is 6.07 Å². The Labute approximate surface area is 83.1 Å². The third-order valence-corrected chi connectivity index (χ3v) is 1.84. The van der Waals surface area contributed by atoms with Gasteiger partial charge in [-0.15, -0.1) is 0 Å². The second-order valence-corrected chi connectivity index (χ2v) is 2.97. The summed E-state index contributed by atoms with van der Waals surface area (Å²) in [5, 5.41) is 2.87. The summed E-state index contributed by atoms with van der Waals surface area (Å²) in [4.78, 5) is 0. The maximum absolute atomic E-state index is 13.3. The third kappa shape index (κ3) is 2.28. The fourth-order valence-electron chi connectivity index (χ4n) is 1.11. The molecular formula is C10H15FN2O. The van der Waals surface area contributed by atoms with E-state index in [9.17, 15) is 4.39 Å². The highest BCUT2D eigenvalue weighted by atomic mass is 19.1. The number of hydrogen-bond acceptors (Lipinski definition) is 3. The van der Waals surface area contributed by atoms with Crippen molar-refractivity contribution in [3.05, 3.63) is 17.9 Å². The van der Waals surface area contributed by atoms with Gasteiger partial charge in [0.05, 0.1) is 18.0 Å². The Morgan fingerprint density at radius 1 is 1.50 bits per heavy atom. The number of nitrogen functional groups attached to an aromatic ring is 1. The Kier molecular flexibility index (Phi) is 3.56. The van der Waals surface area contributed by atoms with Gasteiger partial charge in [0.2, 0.25) is 0 Å². The van der Waals surface area contributed by atoms with Gasteiger partial charge < -0.3 is 15.8 Å². The number of ether oxygens (including phenoxy) is 1. The minimum atomic E-state index is -0.421. The minimum absolute atomic E-state index is 0.241. The number of halogens is 1. The van der Waals surface area contributed by atoms with Crippen LogP contribution in [0.4, 0.5) is 15.8 Å². The van der Waals surface area contributed by atoms with Gasteiger partial charge in [0.1, 0.15) is 0 Å². The maximum atomic E-state index is 13.3. The first kappa shape index (κ1) is 10.6. The number of anilines is 2. The Hall–Kier alpha value is -1.45. The van der Waals surface area contributed by atoms with Crippen LogP contribution in [-0.2, 0) is 0 Å². The van der Waals surface area contributed by atoms with Crippen molar-refractivity contribution in [3.63, 3.8) is 0 Å². The molecule has 14 heavy (non-hydrogen) atoms. The molecule has 0 amide bonds. The maximum Gasteiger partial charge on any atom is 0.167 e. The first-order chi connectivity index (χ1) is 6.69. The van der Waals surface area contributed by atoms with Crippen molar-refractivity contribution in [2.24, 2.45) is 0 Å². The van der Waals surface area contributed by atoms with E-state index >= 15 is 0 Å². The molecular weight excluding hydrogens is 183 g/mol. The molecule has 3 N–H and O–H groups in total. The molecule has 1 rings (SSSR count). The summed E-state index contributed by atoms with van der Waals surface area (Å²) in [5.41, 5.74) is 6.63. The molecule has 3 nitrogen and oxygen atoms in total. The van der Waals surface area contributed by atoms with Crippen LogP contribution in [0.1, 0.15) is 13.3 Å². The lowest BCUT2D eigenvalue weighted by molar-refractivity contribution is 0.301. The molecule has 0 spiro atoms. The van der Waals surface area contributed by atoms with Crippen LogP contribution >= 0.6 is 0 Å². The molecule has 78 valence electrons. The van der Waals surface area contributed by atoms with Crippen molar-refractivity contribution in [2.75, 3.05) is 24.7 Å². The molecule has 0 saturated carbocycles. The molecule has 0 aliphatic rings. The van der Waals surface area contributed by atoms with Gasteiger partial charge in [-0.1, -0.05) is 6.92 Å². The first-order valence-electron chi connectivity index (χ1n) is 4.58. The quantitative estimate of drug-likeness (QED) is 0.729. The van der Waals surface area contributed by atoms with Crippen LogP contribution in [0, 0.1) is 5.82 Å². The lowest BCUT2D eigenvalue weighted by atomic mass is 10.2. The SMILES string of the molecule is CCCOc1cc(NC)c(N)cc1F. The zero-order chi connectivity index (χ0) is 10.6. The van der Waals surface area contributed by atoms with Gasteiger partial charge in [-0.05, 0) is 6.42 Å². The number of hydrogen-bond donors (Lipinski definition) is 2. The van der Waals surface area contributed by atoms with Crippen molar-refractivity contribution in [3.8, 4) is 5.75 Å². The highest BCUT2D eigenvalue weighted by molar-refractivity contribution is 5.68. The van der Waals surface area contributed by atoms with Gasteiger partial charge >= 0.3 is 0 Å². The van der Waals surface area contributed by atoms with Gasteiger partial charge in [0.25, 0.3) is 0 Å². The van der Waals surface area contributed by atoms with Gasteiger partial charge in [-0.3, -0.25) is 0 Å². The van der Waals surface area contributed by atoms with Crippen LogP contribution < -0.4 is 15.8 Å². The van der Waals surface area contributed by atoms with E-state index in [0.29, 0.717) is 18.0 Å². The smallest absolute Gasteiger partial charge is 0.167 e. The van der Waals surface area contributed by atoms with Gasteiger partial charge in [0, 0.05) is 19.2 Å². The second-order valence-electron chi connectivity index (χ2n) is 2.97. The van der Waals surface area contributed by atoms with E-state index < -0.39 is 5.82 Å². The van der Waals surface area contributed by atoms with Crippen LogP contribution in [0.2, 0.25) is 0 Å². The standard InChI is InChI=1S/C10H15FN2O/c1-3-4-14-10-6-9(13-2)8(12)5-7(10)11/h5-6,13H,3-4,12H2,1-2H3. The Bertz CT molecular complexity index is 315. The fourth-order valence-corrected chi connectivity index (χ4v) is 1.11. The van der Waals surface area contributed by atoms with Crippen molar-refractivity contribution in [2.45, 2.75) is 13.3 Å². The zero-order valence-corrected chi connectivity index (χ0v) is 8.43. The number of nitrogens with one attached hydrogen (secondary N) is 1. The normalized spacial score (nSPS) is 9.93. The van der Waals surface area contributed by atoms with Crippen LogP contribution in [0.5, 0.6) is 5.75 Å². The van der Waals surface area contributed by atoms with Gasteiger partial charge in [-0.25, -0.2) is 4.39 Å². The Morgan fingerprint density at radius 3 is 2.79 bits per heavy atom. The van der Waals surface area contributed by atoms with E-state index in [2.05, 4.69) is 5.32 Å². The van der Waals surface area contributed by atoms with Gasteiger partial charge in [0.15, 0.2) is 11.6 Å². The molecule has 0 aromatic heterocycles. The topological polar surface area (TPSA) is 47.3 Å². The molecule has 0 heterocycles. The highest BCUT2D eigenvalue weighted by Gasteiger charge is 2.07. The predicted octanol–water partition coefficient (Wildman–Crippen LogP) is 2.24. The monoisotopic (exact) mass is 198 g/mol. The third-order valence-electron chi connectivity index (χ3n) is 1.84. The molecule has 1 aromatic carbocycles. The van der Waals surface area contributed by atoms with Crippen molar-refractivity contribution in [1.29, 1.82) is 0 Å². The van der Waals surface area contributed by atoms with E-state index in [0.717, 1.165) is 6.42 Å². The minimum Gasteiger partial charge on any atom is -0.490 e. The van der Waals surface area contributed by atoms with Gasteiger partial charge in [-0.2, -0.15) is 0 Å². The summed E-state index contributed by atoms with van der Waals surface area (Å²) < 4.78 is 18.5. The number of rotatable bonds is 4. The molecule has 0 radical (unpaired) electrons. The zero-order valence-electron chi connectivity index (χ0n) is 8.43. The molecule has 4 heteroatoms. The van der Waals surface area contributed by atoms with Crippen LogP contribution in [0.15, 0.2) is 12.1 Å². The predicted molar refractivity (Wildman–Crippen MR) is 56.1 cm³/mol. The first-order valence-corrected chi connectivity index (χ1v) is 4.58. The summed E-state index contributed by atoms with van der Waals surface area (Å²) in [6.07, 6.45) is 0.846. The summed E-state index contributed by atoms with van der Waals surface area (Å²) in [5.74, 6) is -0.180. The van der Waals surface area contributed by atoms with Crippen LogP contribution in [0.25, 0.3) is 0 Å². The molecule has 1 aromatic rings. The lowest BCUT2D eigenvalue weighted by Crippen LogP contribution is -2.01. The Morgan fingerprint density at radius 2 is 2.21 bits per heavy atom. The summed E-state index contributed by atoms with van der Waals surface area (Å²) in [6, 6.07) is 2.83. The van der Waals surface area contributed by atoms with E-state index in [1.807, 2.05) is 6.92 Å². The summed E-state index contributed by atoms with van der Waals surface area (Å²) in [7, 11) is 1.73. The average Bonchev–Trinajstić information content (AvgIpc) is 2.17. The molecule has 0 bridgehead atoms.